The number of halogens is 2. The first-order valence-corrected chi connectivity index (χ1v) is 11.4. The zero-order valence-electron chi connectivity index (χ0n) is 16.3. The number of hydrogen-bond donors (Lipinski definition) is 1. The molecule has 0 heterocycles. The number of nitrogens with zero attached hydrogens (tertiary/aromatic N) is 2. The molecule has 0 aliphatic carbocycles. The van der Waals surface area contributed by atoms with E-state index in [2.05, 4.69) is 10.5 Å². The van der Waals surface area contributed by atoms with E-state index in [1.807, 2.05) is 6.07 Å². The van der Waals surface area contributed by atoms with Gasteiger partial charge < -0.3 is 0 Å². The molecule has 3 aromatic carbocycles. The Morgan fingerprint density at radius 1 is 0.903 bits per heavy atom. The molecular formula is C22H19Cl2N3O3S. The minimum absolute atomic E-state index is 0.0333. The van der Waals surface area contributed by atoms with Crippen molar-refractivity contribution in [2.75, 3.05) is 6.54 Å². The van der Waals surface area contributed by atoms with Gasteiger partial charge in [-0.3, -0.25) is 4.79 Å². The number of amides is 1. The Kier molecular flexibility index (Phi) is 7.81. The van der Waals surface area contributed by atoms with E-state index in [9.17, 15) is 13.2 Å². The number of hydrazone groups is 1. The van der Waals surface area contributed by atoms with Crippen LogP contribution < -0.4 is 5.43 Å². The van der Waals surface area contributed by atoms with Crippen molar-refractivity contribution in [1.82, 2.24) is 9.73 Å². The smallest absolute Gasteiger partial charge is 0.255 e. The molecule has 0 aliphatic heterocycles. The monoisotopic (exact) mass is 475 g/mol. The lowest BCUT2D eigenvalue weighted by Crippen LogP contribution is -2.39. The average Bonchev–Trinajstić information content (AvgIpc) is 2.76. The van der Waals surface area contributed by atoms with Crippen molar-refractivity contribution >= 4 is 45.3 Å². The maximum absolute atomic E-state index is 13.1. The van der Waals surface area contributed by atoms with Gasteiger partial charge in [0.15, 0.2) is 0 Å². The standard InChI is InChI=1S/C22H19Cl2N3O3S/c23-20-12-7-13-21(24)19(20)14-25-26-22(28)16-27(15-17-8-3-1-4-9-17)31(29,30)18-10-5-2-6-11-18/h1-14H,15-16H2,(H,26,28)/b25-14+. The molecule has 9 heteroatoms. The van der Waals surface area contributed by atoms with Crippen LogP contribution in [0.2, 0.25) is 10.0 Å². The van der Waals surface area contributed by atoms with Gasteiger partial charge in [0.25, 0.3) is 5.91 Å². The van der Waals surface area contributed by atoms with Crippen LogP contribution in [0.5, 0.6) is 0 Å². The van der Waals surface area contributed by atoms with Crippen LogP contribution in [0.3, 0.4) is 0 Å². The number of hydrogen-bond acceptors (Lipinski definition) is 4. The number of nitrogens with one attached hydrogen (secondary N) is 1. The molecule has 6 nitrogen and oxygen atoms in total. The van der Waals surface area contributed by atoms with E-state index in [0.717, 1.165) is 9.87 Å². The molecule has 0 unspecified atom stereocenters. The lowest BCUT2D eigenvalue weighted by molar-refractivity contribution is -0.121. The molecule has 0 saturated carbocycles. The molecule has 0 radical (unpaired) electrons. The summed E-state index contributed by atoms with van der Waals surface area (Å²) in [6.07, 6.45) is 1.32. The number of rotatable bonds is 8. The first kappa shape index (κ1) is 23.0. The molecule has 0 fully saturated rings. The second-order valence-corrected chi connectivity index (χ2v) is 9.25. The SMILES string of the molecule is O=C(CN(Cc1ccccc1)S(=O)(=O)c1ccccc1)N/N=C/c1c(Cl)cccc1Cl. The molecule has 3 aromatic rings. The molecule has 31 heavy (non-hydrogen) atoms. The molecule has 3 rings (SSSR count). The minimum Gasteiger partial charge on any atom is -0.272 e. The molecule has 0 aromatic heterocycles. The number of carbonyl (C=O) groups excluding carboxylic acids is 1. The van der Waals surface area contributed by atoms with E-state index in [0.29, 0.717) is 15.6 Å². The van der Waals surface area contributed by atoms with E-state index in [1.54, 1.807) is 60.7 Å². The third-order valence-corrected chi connectivity index (χ3v) is 6.75. The average molecular weight is 476 g/mol. The molecule has 0 atom stereocenters. The number of carbonyl (C=O) groups is 1. The Bertz CT molecular complexity index is 1150. The Labute approximate surface area is 191 Å². The summed E-state index contributed by atoms with van der Waals surface area (Å²) in [5, 5.41) is 4.62. The summed E-state index contributed by atoms with van der Waals surface area (Å²) >= 11 is 12.1. The fraction of sp³-hybridized carbons (Fsp3) is 0.0909. The van der Waals surface area contributed by atoms with Crippen molar-refractivity contribution in [3.05, 3.63) is 100 Å². The fourth-order valence-electron chi connectivity index (χ4n) is 2.75. The summed E-state index contributed by atoms with van der Waals surface area (Å²) in [7, 11) is -3.91. The highest BCUT2D eigenvalue weighted by molar-refractivity contribution is 7.89. The second kappa shape index (κ2) is 10.5. The summed E-state index contributed by atoms with van der Waals surface area (Å²) in [6.45, 7) is -0.384. The van der Waals surface area contributed by atoms with Crippen LogP contribution in [0.15, 0.2) is 88.9 Å². The van der Waals surface area contributed by atoms with Crippen molar-refractivity contribution in [3.8, 4) is 0 Å². The van der Waals surface area contributed by atoms with Crippen molar-refractivity contribution in [2.24, 2.45) is 5.10 Å². The summed E-state index contributed by atoms with van der Waals surface area (Å²) in [5.74, 6) is -0.602. The van der Waals surface area contributed by atoms with Crippen LogP contribution in [-0.2, 0) is 21.4 Å². The van der Waals surface area contributed by atoms with Crippen molar-refractivity contribution in [3.63, 3.8) is 0 Å². The molecule has 0 bridgehead atoms. The summed E-state index contributed by atoms with van der Waals surface area (Å²) in [5.41, 5.74) is 3.53. The predicted octanol–water partition coefficient (Wildman–Crippen LogP) is 4.33. The van der Waals surface area contributed by atoms with Crippen LogP contribution in [0.4, 0.5) is 0 Å². The molecule has 1 N–H and O–H groups in total. The highest BCUT2D eigenvalue weighted by Gasteiger charge is 2.26. The minimum atomic E-state index is -3.91. The molecule has 0 spiro atoms. The van der Waals surface area contributed by atoms with Crippen LogP contribution >= 0.6 is 23.2 Å². The Morgan fingerprint density at radius 3 is 2.10 bits per heavy atom. The van der Waals surface area contributed by atoms with E-state index >= 15 is 0 Å². The Morgan fingerprint density at radius 2 is 1.48 bits per heavy atom. The van der Waals surface area contributed by atoms with Gasteiger partial charge in [-0.1, -0.05) is 77.8 Å². The van der Waals surface area contributed by atoms with E-state index in [-0.39, 0.29) is 11.4 Å². The van der Waals surface area contributed by atoms with Gasteiger partial charge in [-0.05, 0) is 29.8 Å². The van der Waals surface area contributed by atoms with Gasteiger partial charge in [0.2, 0.25) is 10.0 Å². The zero-order valence-corrected chi connectivity index (χ0v) is 18.6. The summed E-state index contributed by atoms with van der Waals surface area (Å²) < 4.78 is 27.4. The molecule has 1 amide bonds. The largest absolute Gasteiger partial charge is 0.272 e. The van der Waals surface area contributed by atoms with Gasteiger partial charge in [-0.15, -0.1) is 0 Å². The zero-order chi connectivity index (χ0) is 22.3. The first-order chi connectivity index (χ1) is 14.9. The maximum atomic E-state index is 13.1. The normalized spacial score (nSPS) is 11.7. The lowest BCUT2D eigenvalue weighted by atomic mass is 10.2. The van der Waals surface area contributed by atoms with Crippen LogP contribution in [0.25, 0.3) is 0 Å². The van der Waals surface area contributed by atoms with E-state index < -0.39 is 22.5 Å². The van der Waals surface area contributed by atoms with Gasteiger partial charge in [0, 0.05) is 12.1 Å². The third kappa shape index (κ3) is 6.15. The van der Waals surface area contributed by atoms with E-state index in [4.69, 9.17) is 23.2 Å². The van der Waals surface area contributed by atoms with Gasteiger partial charge in [0.1, 0.15) is 0 Å². The van der Waals surface area contributed by atoms with Crippen LogP contribution in [-0.4, -0.2) is 31.4 Å². The summed E-state index contributed by atoms with van der Waals surface area (Å²) in [6, 6.07) is 22.0. The maximum Gasteiger partial charge on any atom is 0.255 e. The molecule has 0 saturated heterocycles. The number of benzene rings is 3. The molecular weight excluding hydrogens is 457 g/mol. The Balaban J connectivity index is 1.78. The van der Waals surface area contributed by atoms with Gasteiger partial charge in [0.05, 0.1) is 27.7 Å². The van der Waals surface area contributed by atoms with Gasteiger partial charge in [-0.2, -0.15) is 9.41 Å². The lowest BCUT2D eigenvalue weighted by Gasteiger charge is -2.21. The topological polar surface area (TPSA) is 78.8 Å². The van der Waals surface area contributed by atoms with Crippen molar-refractivity contribution in [1.29, 1.82) is 0 Å². The van der Waals surface area contributed by atoms with Gasteiger partial charge in [-0.25, -0.2) is 13.8 Å². The van der Waals surface area contributed by atoms with Crippen molar-refractivity contribution < 1.29 is 13.2 Å². The van der Waals surface area contributed by atoms with Crippen molar-refractivity contribution in [2.45, 2.75) is 11.4 Å². The summed E-state index contributed by atoms with van der Waals surface area (Å²) in [4.78, 5) is 12.6. The molecule has 0 aliphatic rings. The van der Waals surface area contributed by atoms with Crippen LogP contribution in [0, 0.1) is 0 Å². The highest BCUT2D eigenvalue weighted by Crippen LogP contribution is 2.22. The quantitative estimate of drug-likeness (QED) is 0.388. The van der Waals surface area contributed by atoms with Crippen LogP contribution in [0.1, 0.15) is 11.1 Å². The first-order valence-electron chi connectivity index (χ1n) is 9.23. The Hall–Kier alpha value is -2.71. The molecule has 160 valence electrons. The highest BCUT2D eigenvalue weighted by atomic mass is 35.5. The third-order valence-electron chi connectivity index (χ3n) is 4.29. The second-order valence-electron chi connectivity index (χ2n) is 6.50. The van der Waals surface area contributed by atoms with Gasteiger partial charge >= 0.3 is 0 Å². The van der Waals surface area contributed by atoms with E-state index in [1.165, 1.54) is 18.3 Å². The number of sulfonamides is 1. The fourth-order valence-corrected chi connectivity index (χ4v) is 4.65. The predicted molar refractivity (Wildman–Crippen MR) is 123 cm³/mol.